The van der Waals surface area contributed by atoms with Crippen molar-refractivity contribution in [3.8, 4) is 5.75 Å². The van der Waals surface area contributed by atoms with Crippen LogP contribution in [0.25, 0.3) is 0 Å². The molecule has 0 spiro atoms. The Morgan fingerprint density at radius 1 is 0.941 bits per heavy atom. The summed E-state index contributed by atoms with van der Waals surface area (Å²) in [6, 6.07) is 13.0. The number of hydrogen-bond acceptors (Lipinski definition) is 1. The monoisotopic (exact) mass is 330 g/mol. The van der Waals surface area contributed by atoms with E-state index in [1.54, 1.807) is 12.1 Å². The van der Waals surface area contributed by atoms with Crippen molar-refractivity contribution >= 4 is 39.1 Å². The standard InChI is InChI=1S/C13H9BrCl2O/c14-12-6-5-11(16)7-13(12)17-8-9-1-3-10(15)4-2-9/h1-7H,8H2. The van der Waals surface area contributed by atoms with Gasteiger partial charge in [0.05, 0.1) is 4.47 Å². The van der Waals surface area contributed by atoms with Crippen molar-refractivity contribution in [2.45, 2.75) is 6.61 Å². The molecule has 0 aromatic heterocycles. The van der Waals surface area contributed by atoms with Crippen molar-refractivity contribution in [3.63, 3.8) is 0 Å². The van der Waals surface area contributed by atoms with Gasteiger partial charge in [0, 0.05) is 10.0 Å². The predicted molar refractivity (Wildman–Crippen MR) is 74.9 cm³/mol. The zero-order valence-corrected chi connectivity index (χ0v) is 11.9. The molecule has 0 aliphatic rings. The zero-order chi connectivity index (χ0) is 12.3. The molecule has 17 heavy (non-hydrogen) atoms. The second-order valence-electron chi connectivity index (χ2n) is 3.49. The fourth-order valence-electron chi connectivity index (χ4n) is 1.33. The summed E-state index contributed by atoms with van der Waals surface area (Å²) in [5, 5.41) is 1.37. The maximum atomic E-state index is 5.90. The number of halogens is 3. The van der Waals surface area contributed by atoms with Crippen LogP contribution in [-0.2, 0) is 6.61 Å². The van der Waals surface area contributed by atoms with E-state index in [1.165, 1.54) is 0 Å². The number of ether oxygens (including phenoxy) is 1. The zero-order valence-electron chi connectivity index (χ0n) is 8.79. The first kappa shape index (κ1) is 12.7. The van der Waals surface area contributed by atoms with Crippen molar-refractivity contribution in [1.29, 1.82) is 0 Å². The summed E-state index contributed by atoms with van der Waals surface area (Å²) in [6.45, 7) is 0.482. The van der Waals surface area contributed by atoms with E-state index in [2.05, 4.69) is 15.9 Å². The third-order valence-electron chi connectivity index (χ3n) is 2.20. The Bertz CT molecular complexity index is 511. The van der Waals surface area contributed by atoms with Gasteiger partial charge < -0.3 is 4.74 Å². The van der Waals surface area contributed by atoms with E-state index < -0.39 is 0 Å². The van der Waals surface area contributed by atoms with E-state index in [4.69, 9.17) is 27.9 Å². The molecule has 0 aliphatic heterocycles. The first-order valence-corrected chi connectivity index (χ1v) is 6.52. The third kappa shape index (κ3) is 3.63. The van der Waals surface area contributed by atoms with Gasteiger partial charge in [-0.2, -0.15) is 0 Å². The first-order chi connectivity index (χ1) is 8.15. The minimum Gasteiger partial charge on any atom is -0.488 e. The molecule has 0 unspecified atom stereocenters. The van der Waals surface area contributed by atoms with Gasteiger partial charge in [-0.05, 0) is 51.8 Å². The molecule has 0 radical (unpaired) electrons. The van der Waals surface area contributed by atoms with Crippen LogP contribution in [0.1, 0.15) is 5.56 Å². The summed E-state index contributed by atoms with van der Waals surface area (Å²) < 4.78 is 6.55. The molecule has 2 aromatic rings. The van der Waals surface area contributed by atoms with E-state index in [9.17, 15) is 0 Å². The summed E-state index contributed by atoms with van der Waals surface area (Å²) in [5.74, 6) is 0.729. The Balaban J connectivity index is 2.07. The Hall–Kier alpha value is -0.700. The van der Waals surface area contributed by atoms with Gasteiger partial charge in [-0.25, -0.2) is 0 Å². The molecule has 0 bridgehead atoms. The van der Waals surface area contributed by atoms with Gasteiger partial charge in [-0.3, -0.25) is 0 Å². The minimum absolute atomic E-state index is 0.482. The molecule has 2 aromatic carbocycles. The maximum absolute atomic E-state index is 5.90. The molecule has 2 rings (SSSR count). The van der Waals surface area contributed by atoms with Gasteiger partial charge in [0.1, 0.15) is 12.4 Å². The van der Waals surface area contributed by atoms with Crippen LogP contribution in [0, 0.1) is 0 Å². The summed E-state index contributed by atoms with van der Waals surface area (Å²) >= 11 is 15.1. The molecule has 0 amide bonds. The second kappa shape index (κ2) is 5.76. The molecule has 4 heteroatoms. The van der Waals surface area contributed by atoms with Crippen LogP contribution in [0.5, 0.6) is 5.75 Å². The number of benzene rings is 2. The lowest BCUT2D eigenvalue weighted by atomic mass is 10.2. The van der Waals surface area contributed by atoms with Crippen LogP contribution in [-0.4, -0.2) is 0 Å². The Kier molecular flexibility index (Phi) is 4.32. The van der Waals surface area contributed by atoms with E-state index in [0.717, 1.165) is 20.8 Å². The lowest BCUT2D eigenvalue weighted by Gasteiger charge is -2.08. The molecule has 88 valence electrons. The van der Waals surface area contributed by atoms with Gasteiger partial charge in [0.2, 0.25) is 0 Å². The van der Waals surface area contributed by atoms with Gasteiger partial charge in [-0.1, -0.05) is 35.3 Å². The van der Waals surface area contributed by atoms with Gasteiger partial charge >= 0.3 is 0 Å². The second-order valence-corrected chi connectivity index (χ2v) is 5.22. The number of hydrogen-bond donors (Lipinski definition) is 0. The maximum Gasteiger partial charge on any atom is 0.135 e. The normalized spacial score (nSPS) is 10.3. The highest BCUT2D eigenvalue weighted by molar-refractivity contribution is 9.10. The molecular formula is C13H9BrCl2O. The smallest absolute Gasteiger partial charge is 0.135 e. The van der Waals surface area contributed by atoms with Crippen LogP contribution in [0.3, 0.4) is 0 Å². The molecule has 1 nitrogen and oxygen atoms in total. The largest absolute Gasteiger partial charge is 0.488 e. The third-order valence-corrected chi connectivity index (χ3v) is 3.34. The van der Waals surface area contributed by atoms with E-state index >= 15 is 0 Å². The van der Waals surface area contributed by atoms with Gasteiger partial charge in [-0.15, -0.1) is 0 Å². The molecular weight excluding hydrogens is 323 g/mol. The first-order valence-electron chi connectivity index (χ1n) is 4.97. The van der Waals surface area contributed by atoms with E-state index in [1.807, 2.05) is 30.3 Å². The average Bonchev–Trinajstić information content (AvgIpc) is 2.32. The van der Waals surface area contributed by atoms with Crippen LogP contribution < -0.4 is 4.74 Å². The highest BCUT2D eigenvalue weighted by Crippen LogP contribution is 2.28. The van der Waals surface area contributed by atoms with Crippen LogP contribution >= 0.6 is 39.1 Å². The molecule has 0 saturated carbocycles. The molecule has 0 N–H and O–H groups in total. The molecule has 0 atom stereocenters. The van der Waals surface area contributed by atoms with Crippen molar-refractivity contribution in [2.75, 3.05) is 0 Å². The minimum atomic E-state index is 0.482. The summed E-state index contributed by atoms with van der Waals surface area (Å²) in [4.78, 5) is 0. The lowest BCUT2D eigenvalue weighted by Crippen LogP contribution is -1.95. The van der Waals surface area contributed by atoms with Crippen molar-refractivity contribution < 1.29 is 4.74 Å². The van der Waals surface area contributed by atoms with E-state index in [-0.39, 0.29) is 0 Å². The summed E-state index contributed by atoms with van der Waals surface area (Å²) in [7, 11) is 0. The van der Waals surface area contributed by atoms with Crippen molar-refractivity contribution in [3.05, 3.63) is 62.5 Å². The van der Waals surface area contributed by atoms with Crippen LogP contribution in [0.15, 0.2) is 46.9 Å². The Labute approximate surface area is 118 Å². The predicted octanol–water partition coefficient (Wildman–Crippen LogP) is 5.33. The van der Waals surface area contributed by atoms with E-state index in [0.29, 0.717) is 11.6 Å². The quantitative estimate of drug-likeness (QED) is 0.738. The van der Waals surface area contributed by atoms with Gasteiger partial charge in [0.15, 0.2) is 0 Å². The number of rotatable bonds is 3. The van der Waals surface area contributed by atoms with Crippen LogP contribution in [0.4, 0.5) is 0 Å². The molecule has 0 heterocycles. The van der Waals surface area contributed by atoms with Crippen molar-refractivity contribution in [1.82, 2.24) is 0 Å². The van der Waals surface area contributed by atoms with Crippen LogP contribution in [0.2, 0.25) is 10.0 Å². The fourth-order valence-corrected chi connectivity index (χ4v) is 1.98. The summed E-state index contributed by atoms with van der Waals surface area (Å²) in [6.07, 6.45) is 0. The SMILES string of the molecule is Clc1ccc(COc2cc(Cl)ccc2Br)cc1. The average molecular weight is 332 g/mol. The topological polar surface area (TPSA) is 9.23 Å². The molecule has 0 saturated heterocycles. The van der Waals surface area contributed by atoms with Gasteiger partial charge in [0.25, 0.3) is 0 Å². The summed E-state index contributed by atoms with van der Waals surface area (Å²) in [5.41, 5.74) is 1.06. The highest BCUT2D eigenvalue weighted by atomic mass is 79.9. The lowest BCUT2D eigenvalue weighted by molar-refractivity contribution is 0.304. The Morgan fingerprint density at radius 3 is 2.29 bits per heavy atom. The van der Waals surface area contributed by atoms with Crippen molar-refractivity contribution in [2.24, 2.45) is 0 Å². The Morgan fingerprint density at radius 2 is 1.59 bits per heavy atom. The fraction of sp³-hybridized carbons (Fsp3) is 0.0769. The molecule has 0 aliphatic carbocycles. The molecule has 0 fully saturated rings. The highest BCUT2D eigenvalue weighted by Gasteiger charge is 2.02.